The smallest absolute Gasteiger partial charge is 0.415 e. The first-order valence-corrected chi connectivity index (χ1v) is 6.14. The molecule has 0 unspecified atom stereocenters. The lowest BCUT2D eigenvalue weighted by atomic mass is 10.2. The molecule has 3 nitrogen and oxygen atoms in total. The van der Waals surface area contributed by atoms with Gasteiger partial charge in [0.15, 0.2) is 0 Å². The summed E-state index contributed by atoms with van der Waals surface area (Å²) in [6, 6.07) is 0.327. The number of carbonyl (C=O) groups excluding carboxylic acids is 1. The van der Waals surface area contributed by atoms with Crippen LogP contribution in [0.15, 0.2) is 12.3 Å². The molecule has 94 valence electrons. The minimum absolute atomic E-state index is 0.163. The molecule has 16 heavy (non-hydrogen) atoms. The molecule has 0 aromatic rings. The van der Waals surface area contributed by atoms with Gasteiger partial charge in [0.25, 0.3) is 0 Å². The highest BCUT2D eigenvalue weighted by molar-refractivity contribution is 5.68. The number of nitrogens with zero attached hydrogens (tertiary/aromatic N) is 1. The van der Waals surface area contributed by atoms with Crippen LogP contribution in [0.4, 0.5) is 4.79 Å². The monoisotopic (exact) mass is 227 g/mol. The van der Waals surface area contributed by atoms with Crippen molar-refractivity contribution in [3.05, 3.63) is 12.3 Å². The van der Waals surface area contributed by atoms with Crippen LogP contribution in [0.25, 0.3) is 0 Å². The lowest BCUT2D eigenvalue weighted by Crippen LogP contribution is -2.41. The molecule has 1 amide bonds. The Balaban J connectivity index is 4.07. The molecule has 0 saturated heterocycles. The average molecular weight is 227 g/mol. The topological polar surface area (TPSA) is 29.5 Å². The third-order valence-corrected chi connectivity index (χ3v) is 2.31. The Morgan fingerprint density at radius 3 is 2.25 bits per heavy atom. The van der Waals surface area contributed by atoms with Crippen molar-refractivity contribution < 1.29 is 9.53 Å². The molecule has 0 N–H and O–H groups in total. The zero-order valence-corrected chi connectivity index (χ0v) is 11.2. The summed E-state index contributed by atoms with van der Waals surface area (Å²) in [6.45, 7) is 10.1. The van der Waals surface area contributed by atoms with Gasteiger partial charge in [0.05, 0.1) is 6.26 Å². The number of allylic oxidation sites excluding steroid dienone is 1. The van der Waals surface area contributed by atoms with Crippen LogP contribution in [0.2, 0.25) is 0 Å². The van der Waals surface area contributed by atoms with Gasteiger partial charge >= 0.3 is 6.09 Å². The van der Waals surface area contributed by atoms with Gasteiger partial charge in [0.1, 0.15) is 0 Å². The third-order valence-electron chi connectivity index (χ3n) is 2.31. The highest BCUT2D eigenvalue weighted by Crippen LogP contribution is 2.07. The fourth-order valence-electron chi connectivity index (χ4n) is 1.58. The Kier molecular flexibility index (Phi) is 7.69. The van der Waals surface area contributed by atoms with Crippen LogP contribution in [-0.4, -0.2) is 23.1 Å². The van der Waals surface area contributed by atoms with Crippen molar-refractivity contribution in [2.75, 3.05) is 0 Å². The van der Waals surface area contributed by atoms with Gasteiger partial charge in [-0.1, -0.05) is 13.3 Å². The molecule has 0 radical (unpaired) electrons. The molecule has 0 aliphatic rings. The number of ether oxygens (including phenoxy) is 1. The largest absolute Gasteiger partial charge is 0.418 e. The molecule has 0 fully saturated rings. The maximum Gasteiger partial charge on any atom is 0.415 e. The summed E-state index contributed by atoms with van der Waals surface area (Å²) in [5, 5.41) is 0. The molecule has 0 spiro atoms. The van der Waals surface area contributed by atoms with Gasteiger partial charge in [-0.15, -0.1) is 0 Å². The molecule has 0 bridgehead atoms. The van der Waals surface area contributed by atoms with Gasteiger partial charge in [-0.3, -0.25) is 0 Å². The standard InChI is InChI=1S/C13H25NO2/c1-6-7-8-9-10-16-13(15)14(11(2)3)12(4)5/h9-12H,6-8H2,1-5H3/b10-9-. The van der Waals surface area contributed by atoms with Crippen LogP contribution in [0.1, 0.15) is 53.9 Å². The Morgan fingerprint density at radius 2 is 1.81 bits per heavy atom. The third kappa shape index (κ3) is 5.79. The predicted octanol–water partition coefficient (Wildman–Crippen LogP) is 3.95. The van der Waals surface area contributed by atoms with Gasteiger partial charge in [0.2, 0.25) is 0 Å². The summed E-state index contributed by atoms with van der Waals surface area (Å²) in [5.41, 5.74) is 0. The van der Waals surface area contributed by atoms with E-state index in [9.17, 15) is 4.79 Å². The molecule has 0 rings (SSSR count). The van der Waals surface area contributed by atoms with Crippen molar-refractivity contribution in [3.8, 4) is 0 Å². The first kappa shape index (κ1) is 15.0. The zero-order chi connectivity index (χ0) is 12.6. The van der Waals surface area contributed by atoms with Gasteiger partial charge in [0, 0.05) is 12.1 Å². The van der Waals surface area contributed by atoms with Crippen LogP contribution in [0.3, 0.4) is 0 Å². The number of unbranched alkanes of at least 4 members (excludes halogenated alkanes) is 2. The number of carbonyl (C=O) groups is 1. The Bertz CT molecular complexity index is 214. The fraction of sp³-hybridized carbons (Fsp3) is 0.769. The summed E-state index contributed by atoms with van der Waals surface area (Å²) >= 11 is 0. The van der Waals surface area contributed by atoms with Crippen LogP contribution in [0.5, 0.6) is 0 Å². The molecule has 0 aliphatic carbocycles. The second-order valence-corrected chi connectivity index (χ2v) is 4.49. The number of hydrogen-bond donors (Lipinski definition) is 0. The van der Waals surface area contributed by atoms with Crippen LogP contribution < -0.4 is 0 Å². The van der Waals surface area contributed by atoms with Crippen molar-refractivity contribution in [1.29, 1.82) is 0 Å². The molecule has 0 aliphatic heterocycles. The van der Waals surface area contributed by atoms with Gasteiger partial charge < -0.3 is 9.64 Å². The summed E-state index contributed by atoms with van der Waals surface area (Å²) < 4.78 is 5.08. The van der Waals surface area contributed by atoms with E-state index in [2.05, 4.69) is 6.92 Å². The van der Waals surface area contributed by atoms with E-state index in [-0.39, 0.29) is 18.2 Å². The first-order valence-electron chi connectivity index (χ1n) is 6.14. The first-order chi connectivity index (χ1) is 7.50. The minimum Gasteiger partial charge on any atom is -0.418 e. The fourth-order valence-corrected chi connectivity index (χ4v) is 1.58. The van der Waals surface area contributed by atoms with Crippen LogP contribution in [-0.2, 0) is 4.74 Å². The Hall–Kier alpha value is -0.990. The lowest BCUT2D eigenvalue weighted by molar-refractivity contribution is 0.109. The second kappa shape index (κ2) is 8.20. The van der Waals surface area contributed by atoms with Crippen molar-refractivity contribution in [2.45, 2.75) is 66.0 Å². The van der Waals surface area contributed by atoms with Crippen molar-refractivity contribution in [3.63, 3.8) is 0 Å². The summed E-state index contributed by atoms with van der Waals surface area (Å²) in [5.74, 6) is 0. The van der Waals surface area contributed by atoms with E-state index in [0.717, 1.165) is 19.3 Å². The number of rotatable bonds is 6. The SMILES string of the molecule is CCCC/C=C\OC(=O)N(C(C)C)C(C)C. The Labute approximate surface area is 99.5 Å². The van der Waals surface area contributed by atoms with Crippen molar-refractivity contribution >= 4 is 6.09 Å². The molecular formula is C13H25NO2. The van der Waals surface area contributed by atoms with Crippen molar-refractivity contribution in [1.82, 2.24) is 4.90 Å². The van der Waals surface area contributed by atoms with E-state index < -0.39 is 0 Å². The predicted molar refractivity (Wildman–Crippen MR) is 67.3 cm³/mol. The minimum atomic E-state index is -0.266. The molecule has 0 heterocycles. The van der Waals surface area contributed by atoms with Gasteiger partial charge in [-0.2, -0.15) is 0 Å². The molecule has 0 saturated carbocycles. The summed E-state index contributed by atoms with van der Waals surface area (Å²) in [7, 11) is 0. The van der Waals surface area contributed by atoms with Crippen LogP contribution in [0, 0.1) is 0 Å². The number of hydrogen-bond acceptors (Lipinski definition) is 2. The maximum absolute atomic E-state index is 11.7. The normalized spacial score (nSPS) is 11.4. The lowest BCUT2D eigenvalue weighted by Gasteiger charge is -2.28. The zero-order valence-electron chi connectivity index (χ0n) is 11.2. The van der Waals surface area contributed by atoms with Crippen molar-refractivity contribution in [2.24, 2.45) is 0 Å². The summed E-state index contributed by atoms with van der Waals surface area (Å²) in [6.07, 6.45) is 6.40. The van der Waals surface area contributed by atoms with Crippen LogP contribution >= 0.6 is 0 Å². The van der Waals surface area contributed by atoms with Gasteiger partial charge in [-0.05, 0) is 46.6 Å². The maximum atomic E-state index is 11.7. The highest BCUT2D eigenvalue weighted by atomic mass is 16.5. The van der Waals surface area contributed by atoms with E-state index in [4.69, 9.17) is 4.74 Å². The second-order valence-electron chi connectivity index (χ2n) is 4.49. The molecule has 0 aromatic carbocycles. The summed E-state index contributed by atoms with van der Waals surface area (Å²) in [4.78, 5) is 13.4. The van der Waals surface area contributed by atoms with Gasteiger partial charge in [-0.25, -0.2) is 4.79 Å². The Morgan fingerprint density at radius 1 is 1.25 bits per heavy atom. The van der Waals surface area contributed by atoms with E-state index in [0.29, 0.717) is 0 Å². The van der Waals surface area contributed by atoms with E-state index in [1.165, 1.54) is 6.26 Å². The average Bonchev–Trinajstić information content (AvgIpc) is 2.16. The molecule has 0 aromatic heterocycles. The van der Waals surface area contributed by atoms with E-state index >= 15 is 0 Å². The number of amides is 1. The highest BCUT2D eigenvalue weighted by Gasteiger charge is 2.20. The molecule has 3 heteroatoms. The molecule has 0 atom stereocenters. The van der Waals surface area contributed by atoms with E-state index in [1.807, 2.05) is 33.8 Å². The van der Waals surface area contributed by atoms with E-state index in [1.54, 1.807) is 4.90 Å². The quantitative estimate of drug-likeness (QED) is 0.508. The molecular weight excluding hydrogens is 202 g/mol.